The van der Waals surface area contributed by atoms with Crippen LogP contribution >= 0.6 is 12.3 Å². The molecule has 5 N–H and O–H groups in total. The van der Waals surface area contributed by atoms with E-state index in [4.69, 9.17) is 4.18 Å². The van der Waals surface area contributed by atoms with Gasteiger partial charge in [-0.3, -0.25) is 9.22 Å². The van der Waals surface area contributed by atoms with Crippen LogP contribution in [0.3, 0.4) is 0 Å². The molecule has 1 aliphatic rings. The Morgan fingerprint density at radius 3 is 2.48 bits per heavy atom. The Kier molecular flexibility index (Phi) is 8.66. The van der Waals surface area contributed by atoms with Gasteiger partial charge in [-0.25, -0.2) is 0 Å². The van der Waals surface area contributed by atoms with Gasteiger partial charge >= 0.3 is 0 Å². The van der Waals surface area contributed by atoms with E-state index in [0.717, 1.165) is 0 Å². The second-order valence-electron chi connectivity index (χ2n) is 6.53. The lowest BCUT2D eigenvalue weighted by Gasteiger charge is -2.38. The van der Waals surface area contributed by atoms with Crippen molar-refractivity contribution in [3.63, 3.8) is 0 Å². The molecule has 1 aliphatic carbocycles. The first kappa shape index (κ1) is 21.0. The molecular weight excluding hydrogens is 332 g/mol. The summed E-state index contributed by atoms with van der Waals surface area (Å²) >= 11 is 0.204. The second-order valence-corrected chi connectivity index (χ2v) is 6.99. The van der Waals surface area contributed by atoms with Crippen molar-refractivity contribution in [2.45, 2.75) is 51.1 Å². The van der Waals surface area contributed by atoms with Crippen LogP contribution in [0, 0.1) is 17.3 Å². The van der Waals surface area contributed by atoms with Crippen molar-refractivity contribution in [1.82, 2.24) is 0 Å². The Labute approximate surface area is 139 Å². The van der Waals surface area contributed by atoms with E-state index in [0.29, 0.717) is 6.42 Å². The van der Waals surface area contributed by atoms with Crippen LogP contribution in [0.5, 0.6) is 0 Å². The Bertz CT molecular complexity index is 343. The van der Waals surface area contributed by atoms with Gasteiger partial charge in [-0.2, -0.15) is 0 Å². The van der Waals surface area contributed by atoms with Crippen LogP contribution in [0.2, 0.25) is 0 Å². The zero-order valence-electron chi connectivity index (χ0n) is 13.1. The van der Waals surface area contributed by atoms with Crippen molar-refractivity contribution < 1.29 is 44.3 Å². The van der Waals surface area contributed by atoms with Gasteiger partial charge in [0.15, 0.2) is 12.3 Å². The van der Waals surface area contributed by atoms with E-state index in [1.54, 1.807) is 0 Å². The SMILES string of the molecule is CC(C)(CC(O)C(CO)OSOO[O-])C1CC(O)C(O)C1CO. The van der Waals surface area contributed by atoms with Crippen molar-refractivity contribution >= 4 is 12.3 Å². The molecule has 0 aliphatic heterocycles. The van der Waals surface area contributed by atoms with E-state index in [2.05, 4.69) is 9.37 Å². The number of aliphatic hydroxyl groups excluding tert-OH is 5. The van der Waals surface area contributed by atoms with Crippen molar-refractivity contribution in [2.24, 2.45) is 17.3 Å². The van der Waals surface area contributed by atoms with E-state index in [9.17, 15) is 30.8 Å². The third-order valence-electron chi connectivity index (χ3n) is 4.62. The predicted octanol–water partition coefficient (Wildman–Crippen LogP) is -1.72. The first-order chi connectivity index (χ1) is 10.8. The van der Waals surface area contributed by atoms with E-state index < -0.39 is 42.4 Å². The largest absolute Gasteiger partial charge is 0.691 e. The van der Waals surface area contributed by atoms with Crippen LogP contribution in [0.4, 0.5) is 0 Å². The number of rotatable bonds is 10. The Morgan fingerprint density at radius 1 is 1.30 bits per heavy atom. The van der Waals surface area contributed by atoms with Crippen LogP contribution in [0.1, 0.15) is 26.7 Å². The lowest BCUT2D eigenvalue weighted by Crippen LogP contribution is -2.40. The standard InChI is InChI=1S/C13H26O9S/c1-13(2,8-3-9(16)12(18)7(8)5-14)4-10(17)11(6-15)20-23-22-21-19/h7-12,14-19H,3-6H2,1-2H3/p-1. The molecular formula is C13H25O9S-. The maximum Gasteiger partial charge on any atom is 0.194 e. The van der Waals surface area contributed by atoms with E-state index in [-0.39, 0.29) is 31.3 Å². The maximum absolute atomic E-state index is 10.2. The third-order valence-corrected chi connectivity index (χ3v) is 5.06. The summed E-state index contributed by atoms with van der Waals surface area (Å²) in [5, 5.41) is 61.5. The molecule has 138 valence electrons. The molecule has 0 heterocycles. The van der Waals surface area contributed by atoms with E-state index in [1.165, 1.54) is 0 Å². The molecule has 0 spiro atoms. The average molecular weight is 357 g/mol. The minimum Gasteiger partial charge on any atom is -0.691 e. The monoisotopic (exact) mass is 357 g/mol. The number of hydrogen-bond donors (Lipinski definition) is 5. The van der Waals surface area contributed by atoms with Gasteiger partial charge in [0, 0.05) is 12.5 Å². The van der Waals surface area contributed by atoms with Gasteiger partial charge in [0.25, 0.3) is 0 Å². The smallest absolute Gasteiger partial charge is 0.194 e. The molecule has 6 unspecified atom stereocenters. The predicted molar refractivity (Wildman–Crippen MR) is 76.8 cm³/mol. The van der Waals surface area contributed by atoms with Crippen LogP contribution in [0.15, 0.2) is 0 Å². The fourth-order valence-corrected chi connectivity index (χ4v) is 3.69. The van der Waals surface area contributed by atoms with Crippen LogP contribution in [-0.4, -0.2) is 63.2 Å². The van der Waals surface area contributed by atoms with Crippen molar-refractivity contribution in [1.29, 1.82) is 0 Å². The molecule has 1 saturated carbocycles. The van der Waals surface area contributed by atoms with Crippen LogP contribution < -0.4 is 5.26 Å². The van der Waals surface area contributed by atoms with Gasteiger partial charge < -0.3 is 30.8 Å². The zero-order chi connectivity index (χ0) is 17.6. The van der Waals surface area contributed by atoms with Gasteiger partial charge in [0.2, 0.25) is 0 Å². The summed E-state index contributed by atoms with van der Waals surface area (Å²) in [5.41, 5.74) is -0.553. The fraction of sp³-hybridized carbons (Fsp3) is 1.00. The summed E-state index contributed by atoms with van der Waals surface area (Å²) in [6.45, 7) is 2.90. The maximum atomic E-state index is 10.2. The van der Waals surface area contributed by atoms with Crippen molar-refractivity contribution in [3.05, 3.63) is 0 Å². The van der Waals surface area contributed by atoms with Gasteiger partial charge in [-0.05, 0) is 24.2 Å². The Hall–Kier alpha value is -0.0100. The lowest BCUT2D eigenvalue weighted by atomic mass is 9.69. The summed E-state index contributed by atoms with van der Waals surface area (Å²) in [5.74, 6) is -0.715. The summed E-state index contributed by atoms with van der Waals surface area (Å²) in [6, 6.07) is 0. The average Bonchev–Trinajstić information content (AvgIpc) is 2.79. The van der Waals surface area contributed by atoms with E-state index in [1.807, 2.05) is 13.8 Å². The quantitative estimate of drug-likeness (QED) is 0.132. The molecule has 9 nitrogen and oxygen atoms in total. The zero-order valence-corrected chi connectivity index (χ0v) is 13.9. The summed E-state index contributed by atoms with van der Waals surface area (Å²) < 4.78 is 8.84. The highest BCUT2D eigenvalue weighted by Crippen LogP contribution is 2.46. The normalized spacial score (nSPS) is 31.3. The second kappa shape index (κ2) is 9.47. The van der Waals surface area contributed by atoms with Gasteiger partial charge in [-0.15, -0.1) is 4.33 Å². The van der Waals surface area contributed by atoms with Gasteiger partial charge in [-0.1, -0.05) is 13.8 Å². The van der Waals surface area contributed by atoms with E-state index >= 15 is 0 Å². The molecule has 1 fully saturated rings. The van der Waals surface area contributed by atoms with Crippen molar-refractivity contribution in [3.8, 4) is 0 Å². The first-order valence-electron chi connectivity index (χ1n) is 7.33. The third kappa shape index (κ3) is 5.49. The number of hydrogen-bond acceptors (Lipinski definition) is 10. The highest BCUT2D eigenvalue weighted by molar-refractivity contribution is 7.89. The van der Waals surface area contributed by atoms with Crippen LogP contribution in [-0.2, 0) is 13.6 Å². The molecule has 0 aromatic rings. The minimum absolute atomic E-state index is 0.178. The molecule has 6 atom stereocenters. The molecule has 0 bridgehead atoms. The Balaban J connectivity index is 2.68. The molecule has 10 heteroatoms. The highest BCUT2D eigenvalue weighted by Gasteiger charge is 2.48. The summed E-state index contributed by atoms with van der Waals surface area (Å²) in [7, 11) is 0. The molecule has 0 aromatic heterocycles. The van der Waals surface area contributed by atoms with Crippen molar-refractivity contribution in [2.75, 3.05) is 13.2 Å². The van der Waals surface area contributed by atoms with Crippen LogP contribution in [0.25, 0.3) is 0 Å². The first-order valence-corrected chi connectivity index (χ1v) is 7.99. The minimum atomic E-state index is -1.09. The van der Waals surface area contributed by atoms with Gasteiger partial charge in [0.1, 0.15) is 6.10 Å². The molecule has 1 rings (SSSR count). The molecule has 23 heavy (non-hydrogen) atoms. The highest BCUT2D eigenvalue weighted by atomic mass is 32.2. The Morgan fingerprint density at radius 2 is 1.96 bits per heavy atom. The summed E-state index contributed by atoms with van der Waals surface area (Å²) in [6.07, 6.45) is -3.55. The fourth-order valence-electron chi connectivity index (χ4n) is 3.35. The molecule has 0 saturated heterocycles. The molecule has 0 amide bonds. The number of aliphatic hydroxyl groups is 5. The summed E-state index contributed by atoms with van der Waals surface area (Å²) in [4.78, 5) is 0. The molecule has 0 radical (unpaired) electrons. The lowest BCUT2D eigenvalue weighted by molar-refractivity contribution is -0.777. The topological polar surface area (TPSA) is 152 Å². The molecule has 0 aromatic carbocycles. The van der Waals surface area contributed by atoms with Gasteiger partial charge in [0.05, 0.1) is 24.9 Å².